The molecule has 2 unspecified atom stereocenters. The van der Waals surface area contributed by atoms with Gasteiger partial charge in [-0.05, 0) is 26.0 Å². The number of amides is 2. The number of nitrogens with one attached hydrogen (secondary N) is 1. The van der Waals surface area contributed by atoms with Gasteiger partial charge in [0.1, 0.15) is 5.75 Å². The smallest absolute Gasteiger partial charge is 0.318 e. The maximum absolute atomic E-state index is 12.0. The Kier molecular flexibility index (Phi) is 4.27. The Labute approximate surface area is 113 Å². The molecule has 104 valence electrons. The molecule has 1 aliphatic heterocycles. The van der Waals surface area contributed by atoms with E-state index in [4.69, 9.17) is 10.5 Å². The Morgan fingerprint density at radius 3 is 2.95 bits per heavy atom. The third-order valence-electron chi connectivity index (χ3n) is 3.57. The largest absolute Gasteiger partial charge is 0.496 e. The van der Waals surface area contributed by atoms with Crippen molar-refractivity contribution in [3.05, 3.63) is 29.8 Å². The molecule has 1 saturated heterocycles. The second kappa shape index (κ2) is 5.93. The minimum atomic E-state index is -0.0307. The van der Waals surface area contributed by atoms with Gasteiger partial charge in [0.2, 0.25) is 0 Å². The first-order valence-electron chi connectivity index (χ1n) is 6.57. The van der Waals surface area contributed by atoms with Crippen LogP contribution in [0.1, 0.15) is 24.9 Å². The minimum Gasteiger partial charge on any atom is -0.496 e. The number of hydrogen-bond donors (Lipinski definition) is 2. The summed E-state index contributed by atoms with van der Waals surface area (Å²) in [7, 11) is 1.64. The zero-order chi connectivity index (χ0) is 13.8. The van der Waals surface area contributed by atoms with Crippen LogP contribution in [0.3, 0.4) is 0 Å². The van der Waals surface area contributed by atoms with E-state index in [9.17, 15) is 4.79 Å². The molecule has 0 aliphatic carbocycles. The molecule has 1 aromatic rings. The van der Waals surface area contributed by atoms with Crippen LogP contribution >= 0.6 is 0 Å². The van der Waals surface area contributed by atoms with Gasteiger partial charge in [0.25, 0.3) is 0 Å². The lowest BCUT2D eigenvalue weighted by Gasteiger charge is -2.22. The normalized spacial score (nSPS) is 20.3. The number of carbonyl (C=O) groups is 1. The maximum Gasteiger partial charge on any atom is 0.318 e. The maximum atomic E-state index is 12.0. The van der Waals surface area contributed by atoms with Crippen molar-refractivity contribution in [2.45, 2.75) is 25.4 Å². The predicted octanol–water partition coefficient (Wildman–Crippen LogP) is 1.50. The second-order valence-electron chi connectivity index (χ2n) is 4.82. The molecular weight excluding hydrogens is 242 g/mol. The minimum absolute atomic E-state index is 0.0242. The SMILES string of the molecule is COc1ccccc1C1CN(C(C)CCN)C(=O)N1. The number of methoxy groups -OCH3 is 1. The highest BCUT2D eigenvalue weighted by atomic mass is 16.5. The van der Waals surface area contributed by atoms with Crippen LogP contribution in [0.2, 0.25) is 0 Å². The van der Waals surface area contributed by atoms with Crippen molar-refractivity contribution < 1.29 is 9.53 Å². The van der Waals surface area contributed by atoms with E-state index in [0.29, 0.717) is 13.1 Å². The van der Waals surface area contributed by atoms with Gasteiger partial charge >= 0.3 is 6.03 Å². The second-order valence-corrected chi connectivity index (χ2v) is 4.82. The number of nitrogens with zero attached hydrogens (tertiary/aromatic N) is 1. The summed E-state index contributed by atoms with van der Waals surface area (Å²) in [6.45, 7) is 3.27. The molecule has 0 saturated carbocycles. The van der Waals surface area contributed by atoms with Crippen LogP contribution in [0.15, 0.2) is 24.3 Å². The molecule has 1 fully saturated rings. The number of nitrogens with two attached hydrogens (primary N) is 1. The van der Waals surface area contributed by atoms with Crippen molar-refractivity contribution in [1.82, 2.24) is 10.2 Å². The number of ether oxygens (including phenoxy) is 1. The molecule has 0 spiro atoms. The van der Waals surface area contributed by atoms with Gasteiger partial charge in [-0.25, -0.2) is 4.79 Å². The van der Waals surface area contributed by atoms with Gasteiger partial charge in [-0.2, -0.15) is 0 Å². The van der Waals surface area contributed by atoms with Crippen molar-refractivity contribution in [3.63, 3.8) is 0 Å². The summed E-state index contributed by atoms with van der Waals surface area (Å²) in [6, 6.07) is 7.88. The topological polar surface area (TPSA) is 67.6 Å². The first kappa shape index (κ1) is 13.7. The summed E-state index contributed by atoms with van der Waals surface area (Å²) >= 11 is 0. The number of hydrogen-bond acceptors (Lipinski definition) is 3. The molecule has 2 rings (SSSR count). The number of carbonyl (C=O) groups excluding carboxylic acids is 1. The molecule has 2 atom stereocenters. The van der Waals surface area contributed by atoms with Gasteiger partial charge < -0.3 is 20.7 Å². The zero-order valence-electron chi connectivity index (χ0n) is 11.4. The predicted molar refractivity (Wildman–Crippen MR) is 74.1 cm³/mol. The standard InChI is InChI=1S/C14H21N3O2/c1-10(7-8-15)17-9-12(16-14(17)18)11-5-3-4-6-13(11)19-2/h3-6,10,12H,7-9,15H2,1-2H3,(H,16,18). The molecule has 0 radical (unpaired) electrons. The highest BCUT2D eigenvalue weighted by Gasteiger charge is 2.33. The van der Waals surface area contributed by atoms with Gasteiger partial charge in [0, 0.05) is 18.2 Å². The van der Waals surface area contributed by atoms with Crippen LogP contribution in [-0.4, -0.2) is 37.2 Å². The monoisotopic (exact) mass is 263 g/mol. The first-order chi connectivity index (χ1) is 9.17. The Morgan fingerprint density at radius 1 is 1.53 bits per heavy atom. The number of benzene rings is 1. The van der Waals surface area contributed by atoms with E-state index in [2.05, 4.69) is 5.32 Å². The molecule has 0 aromatic heterocycles. The highest BCUT2D eigenvalue weighted by molar-refractivity contribution is 5.77. The molecular formula is C14H21N3O2. The summed E-state index contributed by atoms with van der Waals surface area (Å²) in [6.07, 6.45) is 0.812. The first-order valence-corrected chi connectivity index (χ1v) is 6.57. The van der Waals surface area contributed by atoms with Crippen LogP contribution in [0.5, 0.6) is 5.75 Å². The number of rotatable bonds is 5. The highest BCUT2D eigenvalue weighted by Crippen LogP contribution is 2.29. The van der Waals surface area contributed by atoms with Crippen molar-refractivity contribution in [2.75, 3.05) is 20.2 Å². The van der Waals surface area contributed by atoms with E-state index in [0.717, 1.165) is 17.7 Å². The van der Waals surface area contributed by atoms with E-state index >= 15 is 0 Å². The van der Waals surface area contributed by atoms with Crippen LogP contribution < -0.4 is 15.8 Å². The molecule has 3 N–H and O–H groups in total. The third kappa shape index (κ3) is 2.81. The quantitative estimate of drug-likeness (QED) is 0.846. The van der Waals surface area contributed by atoms with E-state index in [-0.39, 0.29) is 18.1 Å². The number of para-hydroxylation sites is 1. The van der Waals surface area contributed by atoms with Crippen molar-refractivity contribution in [3.8, 4) is 5.75 Å². The molecule has 1 aromatic carbocycles. The van der Waals surface area contributed by atoms with E-state index in [1.54, 1.807) is 7.11 Å². The fourth-order valence-electron chi connectivity index (χ4n) is 2.46. The average Bonchev–Trinajstić information content (AvgIpc) is 2.81. The zero-order valence-corrected chi connectivity index (χ0v) is 11.4. The molecule has 5 nitrogen and oxygen atoms in total. The molecule has 19 heavy (non-hydrogen) atoms. The van der Waals surface area contributed by atoms with E-state index in [1.165, 1.54) is 0 Å². The van der Waals surface area contributed by atoms with Crippen molar-refractivity contribution in [1.29, 1.82) is 0 Å². The number of urea groups is 1. The van der Waals surface area contributed by atoms with E-state index < -0.39 is 0 Å². The Morgan fingerprint density at radius 2 is 2.26 bits per heavy atom. The Hall–Kier alpha value is -1.75. The van der Waals surface area contributed by atoms with Gasteiger partial charge in [0.15, 0.2) is 0 Å². The summed E-state index contributed by atoms with van der Waals surface area (Å²) < 4.78 is 5.35. The van der Waals surface area contributed by atoms with Gasteiger partial charge in [-0.15, -0.1) is 0 Å². The van der Waals surface area contributed by atoms with Crippen LogP contribution in [-0.2, 0) is 0 Å². The molecule has 1 aliphatic rings. The molecule has 5 heteroatoms. The fourth-order valence-corrected chi connectivity index (χ4v) is 2.46. The Bertz CT molecular complexity index is 450. The lowest BCUT2D eigenvalue weighted by molar-refractivity contribution is 0.199. The van der Waals surface area contributed by atoms with Gasteiger partial charge in [0.05, 0.1) is 13.2 Å². The third-order valence-corrected chi connectivity index (χ3v) is 3.57. The molecule has 2 amide bonds. The lowest BCUT2D eigenvalue weighted by atomic mass is 10.1. The summed E-state index contributed by atoms with van der Waals surface area (Å²) in [5, 5.41) is 3.00. The van der Waals surface area contributed by atoms with Crippen LogP contribution in [0.4, 0.5) is 4.79 Å². The summed E-state index contributed by atoms with van der Waals surface area (Å²) in [4.78, 5) is 13.8. The summed E-state index contributed by atoms with van der Waals surface area (Å²) in [5.41, 5.74) is 6.57. The van der Waals surface area contributed by atoms with Gasteiger partial charge in [-0.1, -0.05) is 18.2 Å². The van der Waals surface area contributed by atoms with Crippen molar-refractivity contribution >= 4 is 6.03 Å². The Balaban J connectivity index is 2.14. The van der Waals surface area contributed by atoms with E-state index in [1.807, 2.05) is 36.1 Å². The van der Waals surface area contributed by atoms with Crippen LogP contribution in [0, 0.1) is 0 Å². The van der Waals surface area contributed by atoms with Crippen LogP contribution in [0.25, 0.3) is 0 Å². The molecule has 0 bridgehead atoms. The molecule has 1 heterocycles. The van der Waals surface area contributed by atoms with Crippen molar-refractivity contribution in [2.24, 2.45) is 5.73 Å². The average molecular weight is 263 g/mol. The fraction of sp³-hybridized carbons (Fsp3) is 0.500. The lowest BCUT2D eigenvalue weighted by Crippen LogP contribution is -2.37. The summed E-state index contributed by atoms with van der Waals surface area (Å²) in [5.74, 6) is 0.807. The van der Waals surface area contributed by atoms with Gasteiger partial charge in [-0.3, -0.25) is 0 Å².